The van der Waals surface area contributed by atoms with E-state index in [4.69, 9.17) is 30.3 Å². The van der Waals surface area contributed by atoms with Crippen molar-refractivity contribution in [1.29, 1.82) is 0 Å². The average molecular weight is 473 g/mol. The van der Waals surface area contributed by atoms with E-state index in [1.807, 2.05) is 12.1 Å². The number of rotatable bonds is 7. The summed E-state index contributed by atoms with van der Waals surface area (Å²) in [6.07, 6.45) is 4.20. The number of ether oxygens (including phenoxy) is 2. The highest BCUT2D eigenvalue weighted by atomic mass is 35.5. The first kappa shape index (κ1) is 23.8. The lowest BCUT2D eigenvalue weighted by Gasteiger charge is -2.37. The Labute approximate surface area is 193 Å². The molecule has 0 aliphatic rings. The van der Waals surface area contributed by atoms with Gasteiger partial charge in [0.05, 0.1) is 24.9 Å². The number of carbonyl (C=O) groups is 1. The normalized spacial score (nSPS) is 13.1. The predicted molar refractivity (Wildman–Crippen MR) is 130 cm³/mol. The van der Waals surface area contributed by atoms with Crippen LogP contribution in [0.15, 0.2) is 65.7 Å². The first-order valence-electron chi connectivity index (χ1n) is 9.93. The summed E-state index contributed by atoms with van der Waals surface area (Å²) in [4.78, 5) is 15.4. The highest BCUT2D eigenvalue weighted by Gasteiger charge is 2.39. The molecule has 0 aliphatic carbocycles. The number of aldehydes is 1. The third kappa shape index (κ3) is 4.82. The molecule has 0 fully saturated rings. The monoisotopic (exact) mass is 472 g/mol. The number of hydrogen-bond donors (Lipinski definition) is 0. The molecule has 6 nitrogen and oxygen atoms in total. The van der Waals surface area contributed by atoms with Gasteiger partial charge in [0.25, 0.3) is 0 Å². The number of carbonyl (C=O) groups excluding carboxylic acids is 1. The van der Waals surface area contributed by atoms with E-state index in [-0.39, 0.29) is 0 Å². The van der Waals surface area contributed by atoms with E-state index in [0.717, 1.165) is 11.6 Å². The minimum atomic E-state index is -2.82. The van der Waals surface area contributed by atoms with Crippen LogP contribution in [-0.2, 0) is 0 Å². The number of methoxy groups -OCH3 is 2. The van der Waals surface area contributed by atoms with Crippen molar-refractivity contribution in [2.24, 2.45) is 4.74 Å². The van der Waals surface area contributed by atoms with Crippen LogP contribution in [0.4, 0.5) is 5.69 Å². The molecule has 0 spiro atoms. The van der Waals surface area contributed by atoms with Crippen LogP contribution in [0.2, 0.25) is 5.02 Å². The molecule has 0 radical (unpaired) electrons. The molecule has 0 bridgehead atoms. The van der Waals surface area contributed by atoms with Gasteiger partial charge in [-0.3, -0.25) is 9.78 Å². The summed E-state index contributed by atoms with van der Waals surface area (Å²) in [5, 5.41) is 0.940. The Hall–Kier alpha value is -2.82. The molecule has 0 N–H and O–H groups in total. The van der Waals surface area contributed by atoms with Gasteiger partial charge in [0.2, 0.25) is 0 Å². The van der Waals surface area contributed by atoms with Crippen molar-refractivity contribution in [2.75, 3.05) is 14.2 Å². The number of hydrogen-bond acceptors (Lipinski definition) is 6. The predicted octanol–water partition coefficient (Wildman–Crippen LogP) is 6.52. The Bertz CT molecular complexity index is 1160. The number of nitrogens with zero attached hydrogens (tertiary/aromatic N) is 2. The summed E-state index contributed by atoms with van der Waals surface area (Å²) < 4.78 is 22.9. The van der Waals surface area contributed by atoms with E-state index < -0.39 is 12.4 Å². The van der Waals surface area contributed by atoms with Gasteiger partial charge in [0.15, 0.2) is 18.8 Å². The number of pyridine rings is 1. The van der Waals surface area contributed by atoms with Gasteiger partial charge in [-0.1, -0.05) is 32.4 Å². The van der Waals surface area contributed by atoms with Crippen molar-refractivity contribution in [3.63, 3.8) is 0 Å². The van der Waals surface area contributed by atoms with Crippen LogP contribution in [-0.4, -0.2) is 30.6 Å². The zero-order chi connectivity index (χ0) is 23.4. The highest BCUT2D eigenvalue weighted by Crippen LogP contribution is 2.63. The van der Waals surface area contributed by atoms with E-state index in [9.17, 15) is 4.79 Å². The quantitative estimate of drug-likeness (QED) is 0.289. The Morgan fingerprint density at radius 2 is 1.69 bits per heavy atom. The van der Waals surface area contributed by atoms with Crippen molar-refractivity contribution < 1.29 is 18.8 Å². The molecule has 0 aliphatic heterocycles. The maximum absolute atomic E-state index is 11.2. The van der Waals surface area contributed by atoms with Crippen LogP contribution in [0, 0.1) is 0 Å². The van der Waals surface area contributed by atoms with Gasteiger partial charge < -0.3 is 14.0 Å². The van der Waals surface area contributed by atoms with Crippen molar-refractivity contribution in [3.8, 4) is 17.2 Å². The topological polar surface area (TPSA) is 70.0 Å². The Morgan fingerprint density at radius 3 is 2.28 bits per heavy atom. The van der Waals surface area contributed by atoms with Gasteiger partial charge >= 0.3 is 0 Å². The highest BCUT2D eigenvalue weighted by molar-refractivity contribution is 7.71. The lowest BCUT2D eigenvalue weighted by molar-refractivity contribution is 0.112. The third-order valence-electron chi connectivity index (χ3n) is 4.88. The molecule has 0 unspecified atom stereocenters. The van der Waals surface area contributed by atoms with Crippen molar-refractivity contribution in [3.05, 3.63) is 71.5 Å². The van der Waals surface area contributed by atoms with Gasteiger partial charge in [-0.05, 0) is 42.5 Å². The van der Waals surface area contributed by atoms with Crippen LogP contribution < -0.4 is 19.3 Å². The lowest BCUT2D eigenvalue weighted by atomic mass is 10.2. The summed E-state index contributed by atoms with van der Waals surface area (Å²) in [5.74, 6) is 1.58. The number of benzene rings is 2. The van der Waals surface area contributed by atoms with Crippen LogP contribution in [0.3, 0.4) is 0 Å². The molecule has 3 rings (SSSR count). The molecule has 0 saturated heterocycles. The van der Waals surface area contributed by atoms with Gasteiger partial charge in [-0.15, -0.1) is 0 Å². The minimum absolute atomic E-state index is 0.435. The summed E-state index contributed by atoms with van der Waals surface area (Å²) in [6, 6.07) is 14.2. The van der Waals surface area contributed by atoms with Crippen LogP contribution in [0.5, 0.6) is 17.2 Å². The molecule has 1 atom stereocenters. The Balaban J connectivity index is 2.35. The fourth-order valence-corrected chi connectivity index (χ4v) is 6.44. The average Bonchev–Trinajstić information content (AvgIpc) is 2.79. The molecule has 1 heterocycles. The number of aromatic nitrogens is 1. The Kier molecular flexibility index (Phi) is 7.27. The molecular formula is C24H26ClN2O4P. The molecule has 3 aromatic rings. The summed E-state index contributed by atoms with van der Waals surface area (Å²) in [5.41, 5.74) is 1.06. The molecule has 32 heavy (non-hydrogen) atoms. The van der Waals surface area contributed by atoms with Gasteiger partial charge in [-0.2, -0.15) is 0 Å². The van der Waals surface area contributed by atoms with Gasteiger partial charge in [0.1, 0.15) is 12.0 Å². The van der Waals surface area contributed by atoms with Gasteiger partial charge in [0, 0.05) is 34.5 Å². The minimum Gasteiger partial charge on any atom is -0.497 e. The first-order chi connectivity index (χ1) is 15.2. The molecule has 8 heteroatoms. The second-order valence-electron chi connectivity index (χ2n) is 7.99. The first-order valence-corrected chi connectivity index (χ1v) is 12.0. The SMILES string of the molecule is COc1ccc(Cl)c(N=[P@@](Oc2ccc(C=O)cc2OC)(c2ccncc2)C(C)(C)C)c1. The van der Waals surface area contributed by atoms with E-state index in [1.54, 1.807) is 55.9 Å². The smallest absolute Gasteiger partial charge is 0.173 e. The van der Waals surface area contributed by atoms with Crippen molar-refractivity contribution >= 4 is 36.2 Å². The van der Waals surface area contributed by atoms with Crippen molar-refractivity contribution in [1.82, 2.24) is 4.98 Å². The largest absolute Gasteiger partial charge is 0.497 e. The molecule has 168 valence electrons. The van der Waals surface area contributed by atoms with E-state index >= 15 is 0 Å². The van der Waals surface area contributed by atoms with E-state index in [2.05, 4.69) is 25.8 Å². The fraction of sp³-hybridized carbons (Fsp3) is 0.250. The summed E-state index contributed by atoms with van der Waals surface area (Å²) >= 11 is 6.53. The summed E-state index contributed by atoms with van der Waals surface area (Å²) in [6.45, 7) is 6.22. The fourth-order valence-electron chi connectivity index (χ4n) is 3.17. The Morgan fingerprint density at radius 1 is 0.969 bits per heavy atom. The maximum Gasteiger partial charge on any atom is 0.173 e. The molecule has 1 aromatic heterocycles. The molecule has 0 amide bonds. The standard InChI is InChI=1S/C24H26ClN2O4P/c1-24(2,3)32(19-10-12-26-13-11-19,27-21-15-18(29-4)7-8-20(21)25)31-22-9-6-17(16-28)14-23(22)30-5/h6-16H,1-5H3/t32-/m1/s1. The molecule has 0 saturated carbocycles. The van der Waals surface area contributed by atoms with Crippen LogP contribution in [0.25, 0.3) is 0 Å². The molecule has 2 aromatic carbocycles. The second kappa shape index (κ2) is 9.76. The van der Waals surface area contributed by atoms with E-state index in [0.29, 0.717) is 33.5 Å². The van der Waals surface area contributed by atoms with Crippen LogP contribution >= 0.6 is 18.9 Å². The third-order valence-corrected chi connectivity index (χ3v) is 8.97. The lowest BCUT2D eigenvalue weighted by Crippen LogP contribution is -2.27. The van der Waals surface area contributed by atoms with Crippen molar-refractivity contribution in [2.45, 2.75) is 25.9 Å². The second-order valence-corrected chi connectivity index (χ2v) is 11.8. The number of halogens is 1. The zero-order valence-corrected chi connectivity index (χ0v) is 20.4. The van der Waals surface area contributed by atoms with Gasteiger partial charge in [-0.25, -0.2) is 4.74 Å². The maximum atomic E-state index is 11.2. The van der Waals surface area contributed by atoms with E-state index in [1.165, 1.54) is 7.11 Å². The zero-order valence-electron chi connectivity index (χ0n) is 18.7. The molecular weight excluding hydrogens is 447 g/mol. The summed E-state index contributed by atoms with van der Waals surface area (Å²) in [7, 11) is 0.313. The van der Waals surface area contributed by atoms with Crippen LogP contribution in [0.1, 0.15) is 31.1 Å².